The van der Waals surface area contributed by atoms with Crippen molar-refractivity contribution in [2.24, 2.45) is 33.5 Å². The summed E-state index contributed by atoms with van der Waals surface area (Å²) in [7, 11) is 0. The van der Waals surface area contributed by atoms with Crippen molar-refractivity contribution in [3.8, 4) is 17.2 Å². The Balaban J connectivity index is 1.66. The SMILES string of the molecule is Cc1cc(C(C)(C)C)c(OC(=O)C2(C3(C(=O)OCc4cccc(Oc5ccccc5)c4)C(CC(Cl)(Cl)Cl)C3(C)C)C(CC(Cl)(Cl)Cl)C2(C)C)c(C(C)(C)C)c1. The summed E-state index contributed by atoms with van der Waals surface area (Å²) >= 11 is 39.2. The van der Waals surface area contributed by atoms with Crippen molar-refractivity contribution in [2.75, 3.05) is 0 Å². The molecule has 2 aliphatic carbocycles. The number of alkyl halides is 6. The number of hydrogen-bond acceptors (Lipinski definition) is 5. The third-order valence-electron chi connectivity index (χ3n) is 12.1. The Labute approximate surface area is 357 Å². The fourth-order valence-corrected chi connectivity index (χ4v) is 10.4. The van der Waals surface area contributed by atoms with Gasteiger partial charge in [0, 0.05) is 11.1 Å². The van der Waals surface area contributed by atoms with Crippen LogP contribution in [-0.4, -0.2) is 19.5 Å². The Kier molecular flexibility index (Phi) is 11.9. The number of halogens is 6. The van der Waals surface area contributed by atoms with E-state index < -0.39 is 63.8 Å². The van der Waals surface area contributed by atoms with Crippen molar-refractivity contribution in [3.63, 3.8) is 0 Å². The third kappa shape index (κ3) is 8.24. The highest BCUT2D eigenvalue weighted by atomic mass is 35.6. The molecule has 11 heteroatoms. The van der Waals surface area contributed by atoms with E-state index in [1.165, 1.54) is 0 Å². The van der Waals surface area contributed by atoms with Crippen LogP contribution in [0.5, 0.6) is 17.2 Å². The highest BCUT2D eigenvalue weighted by molar-refractivity contribution is 6.68. The summed E-state index contributed by atoms with van der Waals surface area (Å²) in [4.78, 5) is 30.9. The van der Waals surface area contributed by atoms with Crippen LogP contribution in [0.25, 0.3) is 0 Å². The minimum Gasteiger partial charge on any atom is -0.460 e. The lowest BCUT2D eigenvalue weighted by molar-refractivity contribution is -0.167. The fourth-order valence-electron chi connectivity index (χ4n) is 9.48. The summed E-state index contributed by atoms with van der Waals surface area (Å²) in [6.07, 6.45) is -0.0623. The second kappa shape index (κ2) is 14.8. The molecule has 0 amide bonds. The Morgan fingerprint density at radius 2 is 1.09 bits per heavy atom. The van der Waals surface area contributed by atoms with Gasteiger partial charge in [0.05, 0.1) is 10.8 Å². The van der Waals surface area contributed by atoms with Crippen molar-refractivity contribution in [1.82, 2.24) is 0 Å². The molecule has 300 valence electrons. The van der Waals surface area contributed by atoms with Gasteiger partial charge in [-0.25, -0.2) is 0 Å². The van der Waals surface area contributed by atoms with Gasteiger partial charge in [0.25, 0.3) is 0 Å². The van der Waals surface area contributed by atoms with Crippen LogP contribution in [0.3, 0.4) is 0 Å². The first-order chi connectivity index (χ1) is 25.0. The van der Waals surface area contributed by atoms with Gasteiger partial charge in [-0.3, -0.25) is 9.59 Å². The van der Waals surface area contributed by atoms with Gasteiger partial charge in [-0.2, -0.15) is 0 Å². The number of esters is 2. The molecule has 3 aromatic carbocycles. The molecule has 0 heterocycles. The molecular weight excluding hydrogens is 821 g/mol. The third-order valence-corrected chi connectivity index (χ3v) is 13.0. The maximum atomic E-state index is 15.7. The molecule has 0 spiro atoms. The van der Waals surface area contributed by atoms with E-state index in [9.17, 15) is 0 Å². The molecule has 5 nitrogen and oxygen atoms in total. The number of para-hydroxylation sites is 1. The Bertz CT molecular complexity index is 1900. The molecular formula is C44H52Cl6O5. The number of carbonyl (C=O) groups excluding carboxylic acids is 2. The average Bonchev–Trinajstić information content (AvgIpc) is 3.73. The first-order valence-electron chi connectivity index (χ1n) is 18.5. The summed E-state index contributed by atoms with van der Waals surface area (Å²) in [5, 5.41) is 0. The molecule has 0 N–H and O–H groups in total. The zero-order valence-corrected chi connectivity index (χ0v) is 38.0. The second-order valence-corrected chi connectivity index (χ2v) is 23.6. The largest absolute Gasteiger partial charge is 0.460 e. The van der Waals surface area contributed by atoms with E-state index in [2.05, 4.69) is 41.5 Å². The molecule has 2 saturated carbocycles. The molecule has 4 unspecified atom stereocenters. The van der Waals surface area contributed by atoms with Crippen molar-refractivity contribution < 1.29 is 23.8 Å². The second-order valence-electron chi connectivity index (χ2n) is 18.5. The van der Waals surface area contributed by atoms with E-state index >= 15 is 9.59 Å². The lowest BCUT2D eigenvalue weighted by Gasteiger charge is -2.34. The molecule has 2 fully saturated rings. The standard InChI is InChI=1S/C44H52Cl6O5/c1-26-20-30(37(2,3)4)34(31(21-26)38(5,6)7)55-36(52)44(33(40(44,10)11)24-42(48,49)50)43(32(39(43,8)9)23-41(45,46)47)35(51)53-25-27-16-15-19-29(22-27)54-28-17-13-12-14-18-28/h12-22,32-33H,23-25H2,1-11H3. The van der Waals surface area contributed by atoms with Crippen LogP contribution in [0, 0.1) is 40.4 Å². The highest BCUT2D eigenvalue weighted by Crippen LogP contribution is 2.92. The van der Waals surface area contributed by atoms with Crippen LogP contribution >= 0.6 is 69.6 Å². The Hall–Kier alpha value is -1.86. The van der Waals surface area contributed by atoms with E-state index in [-0.39, 0.29) is 19.4 Å². The van der Waals surface area contributed by atoms with Crippen LogP contribution in [-0.2, 0) is 31.8 Å². The summed E-state index contributed by atoms with van der Waals surface area (Å²) < 4.78 is 15.6. The topological polar surface area (TPSA) is 61.8 Å². The molecule has 4 atom stereocenters. The molecule has 5 rings (SSSR count). The summed E-state index contributed by atoms with van der Waals surface area (Å²) in [5.74, 6) is -0.771. The molecule has 0 aromatic heterocycles. The van der Waals surface area contributed by atoms with Gasteiger partial charge in [-0.05, 0) is 83.1 Å². The van der Waals surface area contributed by atoms with E-state index in [1.807, 2.05) is 95.3 Å². The van der Waals surface area contributed by atoms with Gasteiger partial charge in [0.2, 0.25) is 0 Å². The maximum absolute atomic E-state index is 15.7. The van der Waals surface area contributed by atoms with Gasteiger partial charge in [-0.1, -0.05) is 187 Å². The van der Waals surface area contributed by atoms with E-state index in [0.717, 1.165) is 16.7 Å². The summed E-state index contributed by atoms with van der Waals surface area (Å²) in [6.45, 7) is 22.0. The number of ether oxygens (including phenoxy) is 3. The minimum absolute atomic E-state index is 0.0310. The molecule has 0 aliphatic heterocycles. The average molecular weight is 874 g/mol. The van der Waals surface area contributed by atoms with Gasteiger partial charge in [0.1, 0.15) is 23.9 Å². The van der Waals surface area contributed by atoms with Crippen LogP contribution in [0.15, 0.2) is 66.7 Å². The quantitative estimate of drug-likeness (QED) is 0.115. The molecule has 2 aliphatic rings. The van der Waals surface area contributed by atoms with Crippen molar-refractivity contribution in [2.45, 2.75) is 114 Å². The molecule has 0 bridgehead atoms. The van der Waals surface area contributed by atoms with E-state index in [1.54, 1.807) is 6.07 Å². The summed E-state index contributed by atoms with van der Waals surface area (Å²) in [5.41, 5.74) is -2.32. The lowest BCUT2D eigenvalue weighted by Crippen LogP contribution is -2.45. The molecule has 55 heavy (non-hydrogen) atoms. The molecule has 0 radical (unpaired) electrons. The first kappa shape index (κ1) is 44.2. The van der Waals surface area contributed by atoms with Gasteiger partial charge >= 0.3 is 11.9 Å². The Morgan fingerprint density at radius 1 is 0.636 bits per heavy atom. The zero-order valence-electron chi connectivity index (χ0n) is 33.4. The van der Waals surface area contributed by atoms with Gasteiger partial charge in [0.15, 0.2) is 7.59 Å². The van der Waals surface area contributed by atoms with Crippen molar-refractivity contribution in [1.29, 1.82) is 0 Å². The fraction of sp³-hybridized carbons (Fsp3) is 0.545. The van der Waals surface area contributed by atoms with Crippen molar-refractivity contribution in [3.05, 3.63) is 89.0 Å². The van der Waals surface area contributed by atoms with Crippen LogP contribution in [0.2, 0.25) is 0 Å². The first-order valence-corrected chi connectivity index (χ1v) is 20.8. The predicted molar refractivity (Wildman–Crippen MR) is 226 cm³/mol. The predicted octanol–water partition coefficient (Wildman–Crippen LogP) is 13.8. The van der Waals surface area contributed by atoms with Gasteiger partial charge in [-0.15, -0.1) is 0 Å². The maximum Gasteiger partial charge on any atom is 0.319 e. The van der Waals surface area contributed by atoms with Crippen molar-refractivity contribution >= 4 is 81.5 Å². The lowest BCUT2D eigenvalue weighted by atomic mass is 9.73. The van der Waals surface area contributed by atoms with Gasteiger partial charge < -0.3 is 14.2 Å². The monoisotopic (exact) mass is 870 g/mol. The van der Waals surface area contributed by atoms with Crippen LogP contribution in [0.4, 0.5) is 0 Å². The summed E-state index contributed by atoms with van der Waals surface area (Å²) in [6, 6.07) is 20.8. The zero-order chi connectivity index (χ0) is 41.4. The van der Waals surface area contributed by atoms with Crippen LogP contribution in [0.1, 0.15) is 104 Å². The number of carbonyl (C=O) groups is 2. The number of hydrogen-bond donors (Lipinski definition) is 0. The smallest absolute Gasteiger partial charge is 0.319 e. The Morgan fingerprint density at radius 3 is 1.55 bits per heavy atom. The van der Waals surface area contributed by atoms with Crippen LogP contribution < -0.4 is 9.47 Å². The van der Waals surface area contributed by atoms with E-state index in [0.29, 0.717) is 22.8 Å². The number of aryl methyl sites for hydroxylation is 1. The number of benzene rings is 3. The molecule has 3 aromatic rings. The van der Waals surface area contributed by atoms with E-state index in [4.69, 9.17) is 83.8 Å². The number of rotatable bonds is 10. The highest BCUT2D eigenvalue weighted by Gasteiger charge is 2.97. The molecule has 0 saturated heterocycles. The minimum atomic E-state index is -1.75. The normalized spacial score (nSPS) is 24.5.